The minimum atomic E-state index is -0.361. The number of rotatable bonds is 3. The Kier molecular flexibility index (Phi) is 5.60. The second-order valence-electron chi connectivity index (χ2n) is 4.48. The highest BCUT2D eigenvalue weighted by molar-refractivity contribution is 5.68. The molecule has 0 aromatic rings. The van der Waals surface area contributed by atoms with E-state index in [0.717, 1.165) is 32.2 Å². The molecule has 0 aromatic heterocycles. The van der Waals surface area contributed by atoms with Crippen molar-refractivity contribution >= 4 is 6.09 Å². The molecule has 0 aliphatic carbocycles. The Balaban J connectivity index is 2.61. The van der Waals surface area contributed by atoms with E-state index in [0.29, 0.717) is 13.0 Å². The van der Waals surface area contributed by atoms with Crippen LogP contribution in [0.4, 0.5) is 4.79 Å². The number of nitrogens with zero attached hydrogens (tertiary/aromatic N) is 1. The van der Waals surface area contributed by atoms with Crippen LogP contribution in [0, 0.1) is 0 Å². The summed E-state index contributed by atoms with van der Waals surface area (Å²) in [6.07, 6.45) is 4.37. The van der Waals surface area contributed by atoms with Crippen LogP contribution in [-0.4, -0.2) is 41.4 Å². The first kappa shape index (κ1) is 13.3. The lowest BCUT2D eigenvalue weighted by molar-refractivity contribution is 0.0736. The van der Waals surface area contributed by atoms with Gasteiger partial charge < -0.3 is 14.7 Å². The maximum absolute atomic E-state index is 11.8. The number of carbonyl (C=O) groups excluding carboxylic acids is 1. The lowest BCUT2D eigenvalue weighted by Gasteiger charge is -2.29. The predicted molar refractivity (Wildman–Crippen MR) is 62.3 cm³/mol. The number of carbonyl (C=O) groups is 1. The second kappa shape index (κ2) is 6.74. The van der Waals surface area contributed by atoms with Gasteiger partial charge >= 0.3 is 6.09 Å². The third kappa shape index (κ3) is 4.00. The lowest BCUT2D eigenvalue weighted by Crippen LogP contribution is -2.41. The largest absolute Gasteiger partial charge is 0.450 e. The molecule has 2 atom stereocenters. The molecule has 0 spiro atoms. The molecule has 2 unspecified atom stereocenters. The first-order valence-corrected chi connectivity index (χ1v) is 6.26. The van der Waals surface area contributed by atoms with Crippen LogP contribution in [0.2, 0.25) is 0 Å². The van der Waals surface area contributed by atoms with Crippen molar-refractivity contribution in [3.05, 3.63) is 0 Å². The highest BCUT2D eigenvalue weighted by Crippen LogP contribution is 2.21. The smallest absolute Gasteiger partial charge is 0.409 e. The van der Waals surface area contributed by atoms with Crippen molar-refractivity contribution in [1.82, 2.24) is 4.90 Å². The zero-order valence-electron chi connectivity index (χ0n) is 10.3. The summed E-state index contributed by atoms with van der Waals surface area (Å²) >= 11 is 0. The Morgan fingerprint density at radius 2 is 2.25 bits per heavy atom. The maximum atomic E-state index is 11.8. The van der Waals surface area contributed by atoms with Gasteiger partial charge in [0.25, 0.3) is 0 Å². The van der Waals surface area contributed by atoms with E-state index in [1.165, 1.54) is 0 Å². The van der Waals surface area contributed by atoms with Crippen LogP contribution in [0.25, 0.3) is 0 Å². The van der Waals surface area contributed by atoms with Gasteiger partial charge in [0.1, 0.15) is 0 Å². The van der Waals surface area contributed by atoms with Crippen molar-refractivity contribution in [2.75, 3.05) is 13.2 Å². The summed E-state index contributed by atoms with van der Waals surface area (Å²) in [5.74, 6) is 0. The van der Waals surface area contributed by atoms with Gasteiger partial charge in [-0.1, -0.05) is 12.8 Å². The third-order valence-corrected chi connectivity index (χ3v) is 2.99. The Labute approximate surface area is 97.6 Å². The van der Waals surface area contributed by atoms with E-state index in [1.54, 1.807) is 11.8 Å². The van der Waals surface area contributed by atoms with Crippen molar-refractivity contribution in [3.63, 3.8) is 0 Å². The van der Waals surface area contributed by atoms with Crippen LogP contribution in [0.5, 0.6) is 0 Å². The first-order valence-electron chi connectivity index (χ1n) is 6.26. The summed E-state index contributed by atoms with van der Waals surface area (Å²) < 4.78 is 5.05. The first-order chi connectivity index (χ1) is 7.65. The van der Waals surface area contributed by atoms with Crippen molar-refractivity contribution in [2.45, 2.75) is 58.1 Å². The standard InChI is InChI=1S/C12H23NO3/c1-3-16-12(15)13-8-6-4-5-7-11(13)9-10(2)14/h10-11,14H,3-9H2,1-2H3. The third-order valence-electron chi connectivity index (χ3n) is 2.99. The molecular weight excluding hydrogens is 206 g/mol. The molecule has 1 amide bonds. The lowest BCUT2D eigenvalue weighted by atomic mass is 10.0. The normalized spacial score (nSPS) is 23.7. The molecule has 1 aliphatic rings. The number of hydrogen-bond acceptors (Lipinski definition) is 3. The van der Waals surface area contributed by atoms with E-state index >= 15 is 0 Å². The summed E-state index contributed by atoms with van der Waals surface area (Å²) in [5, 5.41) is 9.45. The van der Waals surface area contributed by atoms with Gasteiger partial charge in [0, 0.05) is 12.6 Å². The second-order valence-corrected chi connectivity index (χ2v) is 4.48. The molecule has 1 aliphatic heterocycles. The quantitative estimate of drug-likeness (QED) is 0.806. The molecule has 0 saturated carbocycles. The van der Waals surface area contributed by atoms with Crippen LogP contribution in [0.3, 0.4) is 0 Å². The van der Waals surface area contributed by atoms with Crippen LogP contribution in [0.15, 0.2) is 0 Å². The average Bonchev–Trinajstić information content (AvgIpc) is 2.43. The zero-order valence-corrected chi connectivity index (χ0v) is 10.3. The highest BCUT2D eigenvalue weighted by atomic mass is 16.6. The van der Waals surface area contributed by atoms with E-state index in [2.05, 4.69) is 0 Å². The maximum Gasteiger partial charge on any atom is 0.409 e. The monoisotopic (exact) mass is 229 g/mol. The van der Waals surface area contributed by atoms with E-state index in [9.17, 15) is 9.90 Å². The summed E-state index contributed by atoms with van der Waals surface area (Å²) in [5.41, 5.74) is 0. The number of hydrogen-bond donors (Lipinski definition) is 1. The number of ether oxygens (including phenoxy) is 1. The molecule has 0 bridgehead atoms. The van der Waals surface area contributed by atoms with Crippen LogP contribution < -0.4 is 0 Å². The van der Waals surface area contributed by atoms with Crippen molar-refractivity contribution in [1.29, 1.82) is 0 Å². The number of amides is 1. The van der Waals surface area contributed by atoms with E-state index < -0.39 is 0 Å². The fourth-order valence-electron chi connectivity index (χ4n) is 2.26. The molecule has 1 N–H and O–H groups in total. The van der Waals surface area contributed by atoms with Gasteiger partial charge in [-0.25, -0.2) is 4.79 Å². The van der Waals surface area contributed by atoms with E-state index in [4.69, 9.17) is 4.74 Å². The van der Waals surface area contributed by atoms with Crippen molar-refractivity contribution < 1.29 is 14.6 Å². The van der Waals surface area contributed by atoms with E-state index in [-0.39, 0.29) is 18.2 Å². The van der Waals surface area contributed by atoms with Gasteiger partial charge in [0.2, 0.25) is 0 Å². The molecule has 4 heteroatoms. The molecule has 1 rings (SSSR count). The summed E-state index contributed by atoms with van der Waals surface area (Å²) in [4.78, 5) is 13.6. The molecular formula is C12H23NO3. The predicted octanol–water partition coefficient (Wildman–Crippen LogP) is 2.16. The Morgan fingerprint density at radius 3 is 2.88 bits per heavy atom. The van der Waals surface area contributed by atoms with Gasteiger partial charge in [-0.05, 0) is 33.1 Å². The van der Waals surface area contributed by atoms with Gasteiger partial charge in [0.15, 0.2) is 0 Å². The minimum absolute atomic E-state index is 0.140. The minimum Gasteiger partial charge on any atom is -0.450 e. The van der Waals surface area contributed by atoms with Gasteiger partial charge in [-0.3, -0.25) is 0 Å². The molecule has 16 heavy (non-hydrogen) atoms. The summed E-state index contributed by atoms with van der Waals surface area (Å²) in [6, 6.07) is 0.140. The fourth-order valence-corrected chi connectivity index (χ4v) is 2.26. The van der Waals surface area contributed by atoms with Crippen LogP contribution >= 0.6 is 0 Å². The molecule has 0 aromatic carbocycles. The van der Waals surface area contributed by atoms with Crippen molar-refractivity contribution in [2.24, 2.45) is 0 Å². The number of aliphatic hydroxyl groups excluding tert-OH is 1. The van der Waals surface area contributed by atoms with E-state index in [1.807, 2.05) is 6.92 Å². The fraction of sp³-hybridized carbons (Fsp3) is 0.917. The Bertz CT molecular complexity index is 218. The molecule has 1 fully saturated rings. The van der Waals surface area contributed by atoms with Crippen LogP contribution in [0.1, 0.15) is 46.0 Å². The van der Waals surface area contributed by atoms with Gasteiger partial charge in [-0.2, -0.15) is 0 Å². The Morgan fingerprint density at radius 1 is 1.50 bits per heavy atom. The molecule has 1 saturated heterocycles. The number of likely N-dealkylation sites (tertiary alicyclic amines) is 1. The SMILES string of the molecule is CCOC(=O)N1CCCCCC1CC(C)O. The number of aliphatic hydroxyl groups is 1. The molecule has 1 heterocycles. The molecule has 94 valence electrons. The Hall–Kier alpha value is -0.770. The van der Waals surface area contributed by atoms with Crippen molar-refractivity contribution in [3.8, 4) is 0 Å². The highest BCUT2D eigenvalue weighted by Gasteiger charge is 2.27. The molecule has 4 nitrogen and oxygen atoms in total. The van der Waals surface area contributed by atoms with Gasteiger partial charge in [0.05, 0.1) is 12.7 Å². The van der Waals surface area contributed by atoms with Gasteiger partial charge in [-0.15, -0.1) is 0 Å². The summed E-state index contributed by atoms with van der Waals surface area (Å²) in [7, 11) is 0. The van der Waals surface area contributed by atoms with Crippen LogP contribution in [-0.2, 0) is 4.74 Å². The summed E-state index contributed by atoms with van der Waals surface area (Å²) in [6.45, 7) is 4.76. The average molecular weight is 229 g/mol. The molecule has 0 radical (unpaired) electrons. The topological polar surface area (TPSA) is 49.8 Å². The zero-order chi connectivity index (χ0) is 12.0.